The molecule has 1 aliphatic rings. The predicted octanol–water partition coefficient (Wildman–Crippen LogP) is -0.0166. The summed E-state index contributed by atoms with van der Waals surface area (Å²) < 4.78 is 1.74. The highest BCUT2D eigenvalue weighted by Gasteiger charge is 2.29. The molecule has 0 bridgehead atoms. The minimum Gasteiger partial charge on any atom is -0.333 e. The molecule has 15 heavy (non-hydrogen) atoms. The first-order valence-electron chi connectivity index (χ1n) is 5.21. The lowest BCUT2D eigenvalue weighted by Crippen LogP contribution is -2.40. The second-order valence-electron chi connectivity index (χ2n) is 3.92. The van der Waals surface area contributed by atoms with E-state index in [1.807, 2.05) is 11.9 Å². The topological polar surface area (TPSA) is 64.2 Å². The highest BCUT2D eigenvalue weighted by molar-refractivity contribution is 5.92. The zero-order chi connectivity index (χ0) is 10.8. The Morgan fingerprint density at radius 3 is 3.13 bits per heavy atom. The van der Waals surface area contributed by atoms with Gasteiger partial charge in [0.25, 0.3) is 5.91 Å². The molecule has 1 fully saturated rings. The van der Waals surface area contributed by atoms with Crippen LogP contribution in [0.1, 0.15) is 23.3 Å². The van der Waals surface area contributed by atoms with E-state index in [1.54, 1.807) is 17.1 Å². The SMILES string of the molecule is Cn1cncc1C(=O)N1CCCC1CN. The van der Waals surface area contributed by atoms with Gasteiger partial charge in [0.1, 0.15) is 5.69 Å². The van der Waals surface area contributed by atoms with Gasteiger partial charge in [-0.05, 0) is 12.8 Å². The van der Waals surface area contributed by atoms with E-state index in [2.05, 4.69) is 4.98 Å². The number of carbonyl (C=O) groups is 1. The van der Waals surface area contributed by atoms with Crippen LogP contribution in [0.5, 0.6) is 0 Å². The smallest absolute Gasteiger partial charge is 0.272 e. The molecule has 5 nitrogen and oxygen atoms in total. The van der Waals surface area contributed by atoms with Gasteiger partial charge in [-0.25, -0.2) is 4.98 Å². The molecule has 1 unspecified atom stereocenters. The van der Waals surface area contributed by atoms with Crippen LogP contribution in [0.15, 0.2) is 12.5 Å². The molecule has 1 amide bonds. The van der Waals surface area contributed by atoms with Gasteiger partial charge >= 0.3 is 0 Å². The second kappa shape index (κ2) is 4.02. The third-order valence-corrected chi connectivity index (χ3v) is 2.95. The summed E-state index contributed by atoms with van der Waals surface area (Å²) >= 11 is 0. The standard InChI is InChI=1S/C10H16N4O/c1-13-7-12-6-9(13)10(15)14-4-2-3-8(14)5-11/h6-8H,2-5,11H2,1H3. The van der Waals surface area contributed by atoms with Crippen LogP contribution in [0.25, 0.3) is 0 Å². The van der Waals surface area contributed by atoms with Crippen LogP contribution in [0, 0.1) is 0 Å². The third-order valence-electron chi connectivity index (χ3n) is 2.95. The highest BCUT2D eigenvalue weighted by Crippen LogP contribution is 2.18. The lowest BCUT2D eigenvalue weighted by Gasteiger charge is -2.23. The van der Waals surface area contributed by atoms with E-state index in [0.29, 0.717) is 12.2 Å². The fraction of sp³-hybridized carbons (Fsp3) is 0.600. The van der Waals surface area contributed by atoms with Crippen LogP contribution in [-0.2, 0) is 7.05 Å². The summed E-state index contributed by atoms with van der Waals surface area (Å²) in [6.07, 6.45) is 5.31. The van der Waals surface area contributed by atoms with Crippen LogP contribution < -0.4 is 5.73 Å². The zero-order valence-corrected chi connectivity index (χ0v) is 8.89. The summed E-state index contributed by atoms with van der Waals surface area (Å²) in [7, 11) is 1.83. The molecule has 0 aromatic carbocycles. The van der Waals surface area contributed by atoms with Crippen molar-refractivity contribution < 1.29 is 4.79 Å². The molecular formula is C10H16N4O. The van der Waals surface area contributed by atoms with Crippen molar-refractivity contribution in [2.24, 2.45) is 12.8 Å². The lowest BCUT2D eigenvalue weighted by molar-refractivity contribution is 0.0731. The largest absolute Gasteiger partial charge is 0.333 e. The van der Waals surface area contributed by atoms with Gasteiger partial charge in [0.15, 0.2) is 0 Å². The quantitative estimate of drug-likeness (QED) is 0.743. The molecule has 2 N–H and O–H groups in total. The summed E-state index contributed by atoms with van der Waals surface area (Å²) in [5.74, 6) is 0.0444. The molecule has 82 valence electrons. The van der Waals surface area contributed by atoms with Gasteiger partial charge in [-0.15, -0.1) is 0 Å². The maximum Gasteiger partial charge on any atom is 0.272 e. The first kappa shape index (κ1) is 10.2. The van der Waals surface area contributed by atoms with E-state index in [1.165, 1.54) is 0 Å². The van der Waals surface area contributed by atoms with Gasteiger partial charge in [0, 0.05) is 26.2 Å². The summed E-state index contributed by atoms with van der Waals surface area (Å²) in [4.78, 5) is 17.9. The number of aryl methyl sites for hydroxylation is 1. The molecule has 0 radical (unpaired) electrons. The van der Waals surface area contributed by atoms with E-state index < -0.39 is 0 Å². The number of hydrogen-bond donors (Lipinski definition) is 1. The van der Waals surface area contributed by atoms with Crippen molar-refractivity contribution >= 4 is 5.91 Å². The van der Waals surface area contributed by atoms with Gasteiger partial charge in [-0.2, -0.15) is 0 Å². The summed E-state index contributed by atoms with van der Waals surface area (Å²) in [6, 6.07) is 0.201. The maximum absolute atomic E-state index is 12.1. The normalized spacial score (nSPS) is 20.9. The maximum atomic E-state index is 12.1. The van der Waals surface area contributed by atoms with Gasteiger partial charge in [-0.1, -0.05) is 0 Å². The van der Waals surface area contributed by atoms with E-state index >= 15 is 0 Å². The number of nitrogens with zero attached hydrogens (tertiary/aromatic N) is 3. The molecule has 1 aliphatic heterocycles. The molecule has 5 heteroatoms. The average molecular weight is 208 g/mol. The Morgan fingerprint density at radius 1 is 1.73 bits per heavy atom. The van der Waals surface area contributed by atoms with Crippen molar-refractivity contribution in [3.63, 3.8) is 0 Å². The molecule has 2 heterocycles. The number of carbonyl (C=O) groups excluding carboxylic acids is 1. The molecular weight excluding hydrogens is 192 g/mol. The monoisotopic (exact) mass is 208 g/mol. The van der Waals surface area contributed by atoms with Crippen LogP contribution in [0.2, 0.25) is 0 Å². The van der Waals surface area contributed by atoms with Crippen molar-refractivity contribution in [3.05, 3.63) is 18.2 Å². The van der Waals surface area contributed by atoms with Crippen LogP contribution >= 0.6 is 0 Å². The summed E-state index contributed by atoms with van der Waals surface area (Å²) in [5.41, 5.74) is 6.27. The number of rotatable bonds is 2. The van der Waals surface area contributed by atoms with Crippen LogP contribution in [0.3, 0.4) is 0 Å². The summed E-state index contributed by atoms with van der Waals surface area (Å²) in [6.45, 7) is 1.36. The number of likely N-dealkylation sites (tertiary alicyclic amines) is 1. The van der Waals surface area contributed by atoms with E-state index in [9.17, 15) is 4.79 Å². The molecule has 2 rings (SSSR count). The second-order valence-corrected chi connectivity index (χ2v) is 3.92. The highest BCUT2D eigenvalue weighted by atomic mass is 16.2. The van der Waals surface area contributed by atoms with Crippen LogP contribution in [0.4, 0.5) is 0 Å². The minimum absolute atomic E-state index is 0.0444. The lowest BCUT2D eigenvalue weighted by atomic mass is 10.2. The molecule has 0 spiro atoms. The molecule has 1 aromatic rings. The van der Waals surface area contributed by atoms with E-state index in [0.717, 1.165) is 19.4 Å². The first-order valence-corrected chi connectivity index (χ1v) is 5.21. The Kier molecular flexibility index (Phi) is 2.73. The number of aromatic nitrogens is 2. The number of imidazole rings is 1. The van der Waals surface area contributed by atoms with Gasteiger partial charge in [-0.3, -0.25) is 4.79 Å². The zero-order valence-electron chi connectivity index (χ0n) is 8.89. The van der Waals surface area contributed by atoms with Crippen molar-refractivity contribution in [1.29, 1.82) is 0 Å². The van der Waals surface area contributed by atoms with Crippen LogP contribution in [-0.4, -0.2) is 39.5 Å². The average Bonchev–Trinajstić information content (AvgIpc) is 2.84. The third kappa shape index (κ3) is 1.74. The summed E-state index contributed by atoms with van der Waals surface area (Å²) in [5, 5.41) is 0. The number of amides is 1. The fourth-order valence-corrected chi connectivity index (χ4v) is 2.06. The molecule has 0 aliphatic carbocycles. The predicted molar refractivity (Wildman–Crippen MR) is 56.3 cm³/mol. The van der Waals surface area contributed by atoms with Crippen molar-refractivity contribution in [3.8, 4) is 0 Å². The molecule has 1 aromatic heterocycles. The molecule has 1 saturated heterocycles. The van der Waals surface area contributed by atoms with Crippen molar-refractivity contribution in [1.82, 2.24) is 14.5 Å². The Hall–Kier alpha value is -1.36. The minimum atomic E-state index is 0.0444. The first-order chi connectivity index (χ1) is 7.24. The Labute approximate surface area is 88.9 Å². The molecule has 0 saturated carbocycles. The van der Waals surface area contributed by atoms with Crippen molar-refractivity contribution in [2.75, 3.05) is 13.1 Å². The fourth-order valence-electron chi connectivity index (χ4n) is 2.06. The van der Waals surface area contributed by atoms with Gasteiger partial charge in [0.2, 0.25) is 0 Å². The van der Waals surface area contributed by atoms with Gasteiger partial charge in [0.05, 0.1) is 12.5 Å². The Bertz CT molecular complexity index is 360. The number of nitrogens with two attached hydrogens (primary N) is 1. The number of hydrogen-bond acceptors (Lipinski definition) is 3. The van der Waals surface area contributed by atoms with Crippen molar-refractivity contribution in [2.45, 2.75) is 18.9 Å². The van der Waals surface area contributed by atoms with E-state index in [-0.39, 0.29) is 11.9 Å². The Morgan fingerprint density at radius 2 is 2.53 bits per heavy atom. The van der Waals surface area contributed by atoms with Gasteiger partial charge < -0.3 is 15.2 Å². The van der Waals surface area contributed by atoms with E-state index in [4.69, 9.17) is 5.73 Å². The Balaban J connectivity index is 2.18. The molecule has 1 atom stereocenters.